The lowest BCUT2D eigenvalue weighted by Gasteiger charge is -2.47. The predicted octanol–water partition coefficient (Wildman–Crippen LogP) is 5.79. The van der Waals surface area contributed by atoms with E-state index in [4.69, 9.17) is 4.74 Å². The van der Waals surface area contributed by atoms with Gasteiger partial charge in [-0.1, -0.05) is 144 Å². The number of ketones is 1. The van der Waals surface area contributed by atoms with Crippen molar-refractivity contribution in [3.05, 3.63) is 139 Å². The molecule has 2 atom stereocenters. The Hall–Kier alpha value is -3.53. The summed E-state index contributed by atoms with van der Waals surface area (Å²) in [5.74, 6) is -0.192. The predicted molar refractivity (Wildman–Crippen MR) is 147 cm³/mol. The van der Waals surface area contributed by atoms with E-state index in [2.05, 4.69) is 97.6 Å². The van der Waals surface area contributed by atoms with Gasteiger partial charge in [0, 0.05) is 12.7 Å². The van der Waals surface area contributed by atoms with E-state index >= 15 is 0 Å². The van der Waals surface area contributed by atoms with Gasteiger partial charge >= 0.3 is 0 Å². The summed E-state index contributed by atoms with van der Waals surface area (Å²) < 4.78 is 6.64. The lowest BCUT2D eigenvalue weighted by Crippen LogP contribution is -2.74. The van der Waals surface area contributed by atoms with E-state index in [0.29, 0.717) is 6.42 Å². The topological polar surface area (TPSA) is 26.3 Å². The van der Waals surface area contributed by atoms with E-state index in [9.17, 15) is 4.79 Å². The zero-order chi connectivity index (χ0) is 24.3. The molecule has 4 aromatic carbocycles. The molecule has 0 saturated carbocycles. The van der Waals surface area contributed by atoms with Gasteiger partial charge in [0.05, 0.1) is 11.1 Å². The number of carbonyl (C=O) groups is 1. The third-order valence-corrected chi connectivity index (χ3v) is 12.9. The fraction of sp³-hybridized carbons (Fsp3) is 0.156. The Balaban J connectivity index is 1.78. The molecule has 0 fully saturated rings. The zero-order valence-corrected chi connectivity index (χ0v) is 21.2. The summed E-state index contributed by atoms with van der Waals surface area (Å²) >= 11 is 0. The molecule has 0 heterocycles. The Labute approximate surface area is 208 Å². The first-order valence-electron chi connectivity index (χ1n) is 12.1. The molecule has 174 valence electrons. The first kappa shape index (κ1) is 23.2. The highest BCUT2D eigenvalue weighted by Gasteiger charge is 2.60. The van der Waals surface area contributed by atoms with Crippen LogP contribution in [0, 0.1) is 5.92 Å². The number of hydrogen-bond acceptors (Lipinski definition) is 2. The van der Waals surface area contributed by atoms with Gasteiger partial charge in [0.15, 0.2) is 13.9 Å². The molecule has 0 bridgehead atoms. The van der Waals surface area contributed by atoms with Gasteiger partial charge in [0.25, 0.3) is 0 Å². The van der Waals surface area contributed by atoms with E-state index in [1.165, 1.54) is 15.9 Å². The van der Waals surface area contributed by atoms with Crippen LogP contribution in [0.25, 0.3) is 5.57 Å². The Morgan fingerprint density at radius 1 is 0.743 bits per heavy atom. The monoisotopic (exact) mass is 474 g/mol. The first-order chi connectivity index (χ1) is 17.1. The summed E-state index contributed by atoms with van der Waals surface area (Å²) in [6.07, 6.45) is 2.94. The van der Waals surface area contributed by atoms with Crippen molar-refractivity contribution in [3.63, 3.8) is 0 Å². The van der Waals surface area contributed by atoms with Crippen LogP contribution in [0.4, 0.5) is 0 Å². The minimum Gasteiger partial charge on any atom is -0.376 e. The van der Waals surface area contributed by atoms with Crippen molar-refractivity contribution >= 4 is 29.8 Å². The van der Waals surface area contributed by atoms with Crippen molar-refractivity contribution in [2.75, 3.05) is 7.11 Å². The molecular weight excluding hydrogens is 444 g/mol. The first-order valence-corrected chi connectivity index (χ1v) is 14.6. The molecule has 0 aromatic heterocycles. The van der Waals surface area contributed by atoms with Gasteiger partial charge in [0.1, 0.15) is 0 Å². The highest BCUT2D eigenvalue weighted by atomic mass is 28.3. The Morgan fingerprint density at radius 2 is 1.20 bits per heavy atom. The number of methoxy groups -OCH3 is 1. The van der Waals surface area contributed by atoms with Crippen molar-refractivity contribution < 1.29 is 9.53 Å². The van der Waals surface area contributed by atoms with Crippen LogP contribution >= 0.6 is 0 Å². The Morgan fingerprint density at radius 3 is 1.69 bits per heavy atom. The lowest BCUT2D eigenvalue weighted by molar-refractivity contribution is 0.0450. The van der Waals surface area contributed by atoms with Crippen molar-refractivity contribution in [1.29, 1.82) is 0 Å². The molecule has 35 heavy (non-hydrogen) atoms. The molecule has 0 radical (unpaired) electrons. The number of allylic oxidation sites excluding steroid dienone is 1. The Kier molecular flexibility index (Phi) is 6.38. The van der Waals surface area contributed by atoms with Crippen molar-refractivity contribution in [2.45, 2.75) is 18.2 Å². The minimum atomic E-state index is -2.67. The van der Waals surface area contributed by atoms with E-state index in [1.54, 1.807) is 7.11 Å². The summed E-state index contributed by atoms with van der Waals surface area (Å²) in [4.78, 5) is 14.2. The lowest BCUT2D eigenvalue weighted by atomic mass is 9.91. The fourth-order valence-corrected chi connectivity index (χ4v) is 10.5. The van der Waals surface area contributed by atoms with Gasteiger partial charge in [-0.25, -0.2) is 0 Å². The SMILES string of the molecule is COC1([Si](C)(c2ccccc2)c2ccccc2)C=C(c2ccccc2)CC1C(=O)c1ccccc1. The van der Waals surface area contributed by atoms with E-state index in [1.807, 2.05) is 36.4 Å². The number of carbonyl (C=O) groups excluding carboxylic acids is 1. The van der Waals surface area contributed by atoms with Gasteiger partial charge in [-0.05, 0) is 17.6 Å². The van der Waals surface area contributed by atoms with Gasteiger partial charge < -0.3 is 4.74 Å². The molecule has 4 aromatic rings. The molecule has 3 heteroatoms. The molecule has 0 N–H and O–H groups in total. The smallest absolute Gasteiger partial charge is 0.169 e. The van der Waals surface area contributed by atoms with Crippen LogP contribution in [-0.4, -0.2) is 26.2 Å². The molecule has 0 aliphatic heterocycles. The number of rotatable bonds is 7. The molecule has 0 amide bonds. The van der Waals surface area contributed by atoms with Crippen molar-refractivity contribution in [1.82, 2.24) is 0 Å². The van der Waals surface area contributed by atoms with Crippen LogP contribution in [-0.2, 0) is 4.74 Å². The second-order valence-corrected chi connectivity index (χ2v) is 13.6. The van der Waals surface area contributed by atoms with Gasteiger partial charge in [0.2, 0.25) is 0 Å². The van der Waals surface area contributed by atoms with Crippen molar-refractivity contribution in [2.24, 2.45) is 5.92 Å². The standard InChI is InChI=1S/C32H30O2Si/c1-34-32(35(2,28-19-11-5-12-20-28)29-21-13-6-14-22-29)24-27(25-15-7-3-8-16-25)23-30(32)31(33)26-17-9-4-10-18-26/h3-22,24,30H,23H2,1-2H3. The second kappa shape index (κ2) is 9.61. The summed E-state index contributed by atoms with van der Waals surface area (Å²) in [5, 5.41) is 1.75. The highest BCUT2D eigenvalue weighted by molar-refractivity contribution is 7.04. The largest absolute Gasteiger partial charge is 0.376 e. The maximum absolute atomic E-state index is 14.2. The van der Waals surface area contributed by atoms with Crippen LogP contribution in [0.1, 0.15) is 22.3 Å². The summed E-state index contributed by atoms with van der Waals surface area (Å²) in [6, 6.07) is 41.4. The molecule has 1 aliphatic rings. The maximum Gasteiger partial charge on any atom is 0.169 e. The summed E-state index contributed by atoms with van der Waals surface area (Å²) in [5.41, 5.74) is 3.06. The third-order valence-electron chi connectivity index (χ3n) is 7.67. The average molecular weight is 475 g/mol. The van der Waals surface area contributed by atoms with E-state index < -0.39 is 13.3 Å². The number of benzene rings is 4. The maximum atomic E-state index is 14.2. The third kappa shape index (κ3) is 3.91. The quantitative estimate of drug-likeness (QED) is 0.250. The van der Waals surface area contributed by atoms with Crippen molar-refractivity contribution in [3.8, 4) is 0 Å². The molecule has 0 spiro atoms. The van der Waals surface area contributed by atoms with E-state index in [0.717, 1.165) is 11.1 Å². The zero-order valence-electron chi connectivity index (χ0n) is 20.2. The number of ether oxygens (including phenoxy) is 1. The fourth-order valence-electron chi connectivity index (χ4n) is 5.79. The minimum absolute atomic E-state index is 0.139. The van der Waals surface area contributed by atoms with Crippen LogP contribution in [0.3, 0.4) is 0 Å². The van der Waals surface area contributed by atoms with Crippen LogP contribution in [0.5, 0.6) is 0 Å². The highest BCUT2D eigenvalue weighted by Crippen LogP contribution is 2.47. The summed E-state index contributed by atoms with van der Waals surface area (Å²) in [7, 11) is -0.887. The Bertz CT molecular complexity index is 1280. The molecule has 0 saturated heterocycles. The van der Waals surface area contributed by atoms with Gasteiger partial charge in [-0.3, -0.25) is 4.79 Å². The molecule has 2 nitrogen and oxygen atoms in total. The normalized spacial score (nSPS) is 19.8. The number of hydrogen-bond donors (Lipinski definition) is 0. The van der Waals surface area contributed by atoms with Gasteiger partial charge in [-0.2, -0.15) is 0 Å². The van der Waals surface area contributed by atoms with E-state index in [-0.39, 0.29) is 11.7 Å². The molecular formula is C32H30O2Si. The van der Waals surface area contributed by atoms with Crippen LogP contribution in [0.2, 0.25) is 6.55 Å². The number of Topliss-reactive ketones (excluding diaryl/α,β-unsaturated/α-hetero) is 1. The van der Waals surface area contributed by atoms with Crippen LogP contribution in [0.15, 0.2) is 127 Å². The molecule has 1 aliphatic carbocycles. The summed E-state index contributed by atoms with van der Waals surface area (Å²) in [6.45, 7) is 2.36. The van der Waals surface area contributed by atoms with Gasteiger partial charge in [-0.15, -0.1) is 0 Å². The average Bonchev–Trinajstić information content (AvgIpc) is 3.35. The molecule has 5 rings (SSSR count). The molecule has 2 unspecified atom stereocenters. The second-order valence-electron chi connectivity index (χ2n) is 9.38. The van der Waals surface area contributed by atoms with Crippen LogP contribution < -0.4 is 10.4 Å².